The van der Waals surface area contributed by atoms with E-state index in [9.17, 15) is 14.9 Å². The number of rotatable bonds is 4. The lowest BCUT2D eigenvalue weighted by Crippen LogP contribution is -2.13. The van der Waals surface area contributed by atoms with Crippen molar-refractivity contribution < 1.29 is 9.72 Å². The lowest BCUT2D eigenvalue weighted by Gasteiger charge is -2.03. The molecule has 2 aromatic heterocycles. The molecule has 0 spiro atoms. The van der Waals surface area contributed by atoms with Crippen molar-refractivity contribution >= 4 is 39.7 Å². The fourth-order valence-electron chi connectivity index (χ4n) is 1.67. The van der Waals surface area contributed by atoms with Crippen LogP contribution >= 0.6 is 22.9 Å². The summed E-state index contributed by atoms with van der Waals surface area (Å²) < 4.78 is 0. The average molecular weight is 327 g/mol. The number of nitrogens with one attached hydrogen (secondary N) is 1. The van der Waals surface area contributed by atoms with Crippen molar-refractivity contribution in [1.82, 2.24) is 9.97 Å². The molecule has 2 aromatic rings. The molecule has 1 amide bonds. The lowest BCUT2D eigenvalue weighted by atomic mass is 10.2. The molecule has 0 fully saturated rings. The SMILES string of the molecule is CCc1nc(NC(=O)c2cc([N+](=O)[O-])cnc2Cl)sc1C. The number of carbonyl (C=O) groups excluding carboxylic acids is 1. The molecular weight excluding hydrogens is 316 g/mol. The van der Waals surface area contributed by atoms with Gasteiger partial charge in [0.1, 0.15) is 11.3 Å². The Labute approximate surface area is 129 Å². The van der Waals surface area contributed by atoms with E-state index in [1.165, 1.54) is 11.3 Å². The molecule has 1 N–H and O–H groups in total. The Bertz CT molecular complexity index is 717. The van der Waals surface area contributed by atoms with E-state index < -0.39 is 10.8 Å². The van der Waals surface area contributed by atoms with Crippen LogP contribution in [-0.4, -0.2) is 20.8 Å². The van der Waals surface area contributed by atoms with Crippen molar-refractivity contribution in [2.45, 2.75) is 20.3 Å². The molecule has 0 unspecified atom stereocenters. The standard InChI is InChI=1S/C12H11ClN4O3S/c1-3-9-6(2)21-12(15-9)16-11(18)8-4-7(17(19)20)5-14-10(8)13/h4-5H,3H2,1-2H3,(H,15,16,18). The second-order valence-corrected chi connectivity index (χ2v) is 5.68. The Kier molecular flexibility index (Phi) is 4.49. The minimum Gasteiger partial charge on any atom is -0.298 e. The van der Waals surface area contributed by atoms with Crippen LogP contribution in [-0.2, 0) is 6.42 Å². The van der Waals surface area contributed by atoms with Crippen molar-refractivity contribution in [3.8, 4) is 0 Å². The molecule has 0 aliphatic carbocycles. The molecule has 0 aliphatic heterocycles. The zero-order valence-corrected chi connectivity index (χ0v) is 12.8. The minimum atomic E-state index is -0.636. The first-order chi connectivity index (χ1) is 9.92. The van der Waals surface area contributed by atoms with Gasteiger partial charge < -0.3 is 0 Å². The van der Waals surface area contributed by atoms with Gasteiger partial charge in [0.25, 0.3) is 11.6 Å². The van der Waals surface area contributed by atoms with Crippen molar-refractivity contribution in [2.75, 3.05) is 5.32 Å². The zero-order valence-electron chi connectivity index (χ0n) is 11.2. The number of hydrogen-bond donors (Lipinski definition) is 1. The number of amides is 1. The van der Waals surface area contributed by atoms with Gasteiger partial charge in [0.05, 0.1) is 16.2 Å². The molecule has 2 heterocycles. The molecule has 2 rings (SSSR count). The maximum absolute atomic E-state index is 12.1. The number of carbonyl (C=O) groups is 1. The summed E-state index contributed by atoms with van der Waals surface area (Å²) in [6.45, 7) is 3.88. The van der Waals surface area contributed by atoms with Gasteiger partial charge in [-0.1, -0.05) is 18.5 Å². The van der Waals surface area contributed by atoms with Crippen molar-refractivity contribution in [2.24, 2.45) is 0 Å². The second-order valence-electron chi connectivity index (χ2n) is 4.12. The molecule has 0 atom stereocenters. The summed E-state index contributed by atoms with van der Waals surface area (Å²) in [5, 5.41) is 13.6. The molecule has 0 radical (unpaired) electrons. The maximum Gasteiger partial charge on any atom is 0.288 e. The van der Waals surface area contributed by atoms with E-state index in [4.69, 9.17) is 11.6 Å². The van der Waals surface area contributed by atoms with Crippen LogP contribution in [0.1, 0.15) is 27.9 Å². The van der Waals surface area contributed by atoms with Gasteiger partial charge in [-0.15, -0.1) is 11.3 Å². The summed E-state index contributed by atoms with van der Waals surface area (Å²) in [6.07, 6.45) is 1.76. The number of nitro groups is 1. The van der Waals surface area contributed by atoms with Crippen LogP contribution < -0.4 is 5.32 Å². The van der Waals surface area contributed by atoms with Gasteiger partial charge in [-0.25, -0.2) is 9.97 Å². The lowest BCUT2D eigenvalue weighted by molar-refractivity contribution is -0.385. The van der Waals surface area contributed by atoms with E-state index in [0.717, 1.165) is 29.3 Å². The molecule has 7 nitrogen and oxygen atoms in total. The van der Waals surface area contributed by atoms with Crippen LogP contribution in [0.4, 0.5) is 10.8 Å². The van der Waals surface area contributed by atoms with Crippen LogP contribution in [0, 0.1) is 17.0 Å². The highest BCUT2D eigenvalue weighted by atomic mass is 35.5. The molecule has 0 saturated carbocycles. The third kappa shape index (κ3) is 3.34. The number of pyridine rings is 1. The van der Waals surface area contributed by atoms with Crippen LogP contribution in [0.25, 0.3) is 0 Å². The molecule has 9 heteroatoms. The van der Waals surface area contributed by atoms with Crippen molar-refractivity contribution in [1.29, 1.82) is 0 Å². The highest BCUT2D eigenvalue weighted by Gasteiger charge is 2.18. The number of aromatic nitrogens is 2. The Morgan fingerprint density at radius 3 is 2.86 bits per heavy atom. The summed E-state index contributed by atoms with van der Waals surface area (Å²) in [7, 11) is 0. The second kappa shape index (κ2) is 6.15. The van der Waals surface area contributed by atoms with Gasteiger partial charge >= 0.3 is 0 Å². The number of thiazole rings is 1. The van der Waals surface area contributed by atoms with Gasteiger partial charge in [0, 0.05) is 10.9 Å². The van der Waals surface area contributed by atoms with E-state index >= 15 is 0 Å². The molecule has 0 aromatic carbocycles. The fraction of sp³-hybridized carbons (Fsp3) is 0.250. The van der Waals surface area contributed by atoms with Gasteiger partial charge in [0.15, 0.2) is 5.13 Å². The van der Waals surface area contributed by atoms with Gasteiger partial charge in [0.2, 0.25) is 0 Å². The van der Waals surface area contributed by atoms with Gasteiger partial charge in [-0.3, -0.25) is 20.2 Å². The monoisotopic (exact) mass is 326 g/mol. The Hall–Kier alpha value is -2.06. The van der Waals surface area contributed by atoms with E-state index in [-0.39, 0.29) is 16.4 Å². The fourth-order valence-corrected chi connectivity index (χ4v) is 2.76. The molecule has 21 heavy (non-hydrogen) atoms. The summed E-state index contributed by atoms with van der Waals surface area (Å²) >= 11 is 7.15. The van der Waals surface area contributed by atoms with Crippen molar-refractivity contribution in [3.63, 3.8) is 0 Å². The smallest absolute Gasteiger partial charge is 0.288 e. The Balaban J connectivity index is 2.27. The predicted molar refractivity (Wildman–Crippen MR) is 80.1 cm³/mol. The Morgan fingerprint density at radius 1 is 1.57 bits per heavy atom. The van der Waals surface area contributed by atoms with E-state index in [1.807, 2.05) is 13.8 Å². The van der Waals surface area contributed by atoms with Crippen LogP contribution in [0.5, 0.6) is 0 Å². The molecule has 0 bridgehead atoms. The molecule has 110 valence electrons. The Morgan fingerprint density at radius 2 is 2.29 bits per heavy atom. The number of aryl methyl sites for hydroxylation is 2. The first-order valence-corrected chi connectivity index (χ1v) is 7.19. The summed E-state index contributed by atoms with van der Waals surface area (Å²) in [4.78, 5) is 31.1. The van der Waals surface area contributed by atoms with Crippen LogP contribution in [0.3, 0.4) is 0 Å². The van der Waals surface area contributed by atoms with Crippen molar-refractivity contribution in [3.05, 3.63) is 43.7 Å². The van der Waals surface area contributed by atoms with E-state index in [1.54, 1.807) is 0 Å². The highest BCUT2D eigenvalue weighted by molar-refractivity contribution is 7.15. The normalized spacial score (nSPS) is 10.4. The average Bonchev–Trinajstić information content (AvgIpc) is 2.78. The molecule has 0 aliphatic rings. The summed E-state index contributed by atoms with van der Waals surface area (Å²) in [5.41, 5.74) is 0.546. The third-order valence-corrected chi connectivity index (χ3v) is 3.96. The largest absolute Gasteiger partial charge is 0.298 e. The first-order valence-electron chi connectivity index (χ1n) is 6.00. The molecular formula is C12H11ClN4O3S. The summed E-state index contributed by atoms with van der Waals surface area (Å²) in [5.74, 6) is -0.576. The summed E-state index contributed by atoms with van der Waals surface area (Å²) in [6, 6.07) is 1.09. The first kappa shape index (κ1) is 15.3. The highest BCUT2D eigenvalue weighted by Crippen LogP contribution is 2.25. The quantitative estimate of drug-likeness (QED) is 0.528. The zero-order chi connectivity index (χ0) is 15.6. The van der Waals surface area contributed by atoms with Crippen LogP contribution in [0.2, 0.25) is 5.15 Å². The maximum atomic E-state index is 12.1. The van der Waals surface area contributed by atoms with Crippen LogP contribution in [0.15, 0.2) is 12.3 Å². The third-order valence-electron chi connectivity index (χ3n) is 2.73. The predicted octanol–water partition coefficient (Wildman–Crippen LogP) is 3.22. The topological polar surface area (TPSA) is 98.0 Å². The number of halogens is 1. The number of hydrogen-bond acceptors (Lipinski definition) is 6. The minimum absolute atomic E-state index is 0.0585. The number of nitrogens with zero attached hydrogens (tertiary/aromatic N) is 3. The van der Waals surface area contributed by atoms with Gasteiger partial charge in [-0.05, 0) is 13.3 Å². The number of anilines is 1. The van der Waals surface area contributed by atoms with E-state index in [2.05, 4.69) is 15.3 Å². The van der Waals surface area contributed by atoms with E-state index in [0.29, 0.717) is 5.13 Å². The van der Waals surface area contributed by atoms with Gasteiger partial charge in [-0.2, -0.15) is 0 Å². The molecule has 0 saturated heterocycles.